The van der Waals surface area contributed by atoms with Crippen LogP contribution in [0.1, 0.15) is 24.4 Å². The Morgan fingerprint density at radius 3 is 2.80 bits per heavy atom. The van der Waals surface area contributed by atoms with Gasteiger partial charge in [0.25, 0.3) is 0 Å². The van der Waals surface area contributed by atoms with Gasteiger partial charge in [-0.15, -0.1) is 0 Å². The molecule has 6 heteroatoms. The van der Waals surface area contributed by atoms with Crippen molar-refractivity contribution in [1.82, 2.24) is 0 Å². The van der Waals surface area contributed by atoms with E-state index in [9.17, 15) is 4.21 Å². The van der Waals surface area contributed by atoms with E-state index in [1.807, 2.05) is 18.2 Å². The zero-order valence-electron chi connectivity index (χ0n) is 11.2. The van der Waals surface area contributed by atoms with Crippen LogP contribution in [0.2, 0.25) is 0 Å². The first-order valence-electron chi connectivity index (χ1n) is 6.84. The summed E-state index contributed by atoms with van der Waals surface area (Å²) in [4.78, 5) is 0. The van der Waals surface area contributed by atoms with Crippen molar-refractivity contribution in [1.29, 1.82) is 0 Å². The largest absolute Gasteiger partial charge is 0.454 e. The Kier molecular flexibility index (Phi) is 4.24. The lowest BCUT2D eigenvalue weighted by atomic mass is 10.1. The van der Waals surface area contributed by atoms with Crippen molar-refractivity contribution in [3.05, 3.63) is 23.8 Å². The standard InChI is InChI=1S/C14H19NO4S/c15-12(8-20(16)11-3-5-17-6-4-11)10-1-2-13-14(7-10)19-9-18-13/h1-2,7,11-12H,3-6,8-9,15H2. The lowest BCUT2D eigenvalue weighted by molar-refractivity contribution is 0.0992. The summed E-state index contributed by atoms with van der Waals surface area (Å²) in [7, 11) is -0.912. The van der Waals surface area contributed by atoms with Crippen LogP contribution in [0, 0.1) is 0 Å². The fraction of sp³-hybridized carbons (Fsp3) is 0.571. The first-order valence-corrected chi connectivity index (χ1v) is 8.22. The van der Waals surface area contributed by atoms with Crippen molar-refractivity contribution >= 4 is 10.8 Å². The molecule has 110 valence electrons. The first kappa shape index (κ1) is 13.9. The highest BCUT2D eigenvalue weighted by Gasteiger charge is 2.23. The molecule has 0 spiro atoms. The second-order valence-electron chi connectivity index (χ2n) is 5.08. The molecule has 1 saturated heterocycles. The average molecular weight is 297 g/mol. The summed E-state index contributed by atoms with van der Waals surface area (Å²) in [5.74, 6) is 1.94. The van der Waals surface area contributed by atoms with Crippen LogP contribution in [0.4, 0.5) is 0 Å². The van der Waals surface area contributed by atoms with Crippen molar-refractivity contribution in [2.45, 2.75) is 24.1 Å². The zero-order valence-corrected chi connectivity index (χ0v) is 12.1. The zero-order chi connectivity index (χ0) is 13.9. The molecule has 0 amide bonds. The van der Waals surface area contributed by atoms with Crippen molar-refractivity contribution in [3.8, 4) is 11.5 Å². The Labute approximate surface area is 120 Å². The molecule has 1 aromatic carbocycles. The van der Waals surface area contributed by atoms with E-state index in [0.29, 0.717) is 19.0 Å². The molecule has 3 rings (SSSR count). The lowest BCUT2D eigenvalue weighted by Crippen LogP contribution is -2.30. The minimum absolute atomic E-state index is 0.212. The van der Waals surface area contributed by atoms with E-state index < -0.39 is 10.8 Å². The smallest absolute Gasteiger partial charge is 0.231 e. The van der Waals surface area contributed by atoms with Gasteiger partial charge in [-0.25, -0.2) is 0 Å². The van der Waals surface area contributed by atoms with Crippen LogP contribution in [0.15, 0.2) is 18.2 Å². The van der Waals surface area contributed by atoms with E-state index in [0.717, 1.165) is 29.9 Å². The molecule has 2 unspecified atom stereocenters. The fourth-order valence-electron chi connectivity index (χ4n) is 2.49. The predicted octanol–water partition coefficient (Wildman–Crippen LogP) is 1.34. The molecule has 2 heterocycles. The Hall–Kier alpha value is -1.11. The number of fused-ring (bicyclic) bond motifs is 1. The molecule has 0 aromatic heterocycles. The van der Waals surface area contributed by atoms with Crippen LogP contribution in [0.25, 0.3) is 0 Å². The van der Waals surface area contributed by atoms with Crippen LogP contribution in [-0.4, -0.2) is 35.2 Å². The Morgan fingerprint density at radius 2 is 2.00 bits per heavy atom. The van der Waals surface area contributed by atoms with Gasteiger partial charge in [0.15, 0.2) is 11.5 Å². The first-order chi connectivity index (χ1) is 9.74. The molecule has 2 aliphatic rings. The predicted molar refractivity (Wildman–Crippen MR) is 76.3 cm³/mol. The maximum atomic E-state index is 12.3. The minimum Gasteiger partial charge on any atom is -0.454 e. The highest BCUT2D eigenvalue weighted by molar-refractivity contribution is 7.85. The van der Waals surface area contributed by atoms with Gasteiger partial charge in [0, 0.05) is 41.1 Å². The minimum atomic E-state index is -0.912. The van der Waals surface area contributed by atoms with Gasteiger partial charge in [0.2, 0.25) is 6.79 Å². The van der Waals surface area contributed by atoms with E-state index in [2.05, 4.69) is 0 Å². The maximum Gasteiger partial charge on any atom is 0.231 e. The highest BCUT2D eigenvalue weighted by atomic mass is 32.2. The molecule has 2 N–H and O–H groups in total. The molecular formula is C14H19NO4S. The van der Waals surface area contributed by atoms with Gasteiger partial charge < -0.3 is 19.9 Å². The molecule has 0 aliphatic carbocycles. The molecule has 5 nitrogen and oxygen atoms in total. The number of ether oxygens (including phenoxy) is 3. The van der Waals surface area contributed by atoms with Gasteiger partial charge in [-0.3, -0.25) is 4.21 Å². The molecule has 0 bridgehead atoms. The van der Waals surface area contributed by atoms with Gasteiger partial charge in [-0.2, -0.15) is 0 Å². The molecule has 0 saturated carbocycles. The van der Waals surface area contributed by atoms with Crippen LogP contribution in [-0.2, 0) is 15.5 Å². The van der Waals surface area contributed by atoms with Crippen molar-refractivity contribution in [2.24, 2.45) is 5.73 Å². The summed E-state index contributed by atoms with van der Waals surface area (Å²) in [6.07, 6.45) is 1.72. The summed E-state index contributed by atoms with van der Waals surface area (Å²) >= 11 is 0. The van der Waals surface area contributed by atoms with E-state index in [-0.39, 0.29) is 18.1 Å². The monoisotopic (exact) mass is 297 g/mol. The van der Waals surface area contributed by atoms with Gasteiger partial charge in [0.1, 0.15) is 0 Å². The molecule has 2 aliphatic heterocycles. The number of rotatable bonds is 4. The van der Waals surface area contributed by atoms with Crippen LogP contribution in [0.5, 0.6) is 11.5 Å². The molecular weight excluding hydrogens is 278 g/mol. The Morgan fingerprint density at radius 1 is 1.25 bits per heavy atom. The Bertz CT molecular complexity index is 502. The summed E-state index contributed by atoms with van der Waals surface area (Å²) in [6.45, 7) is 1.66. The lowest BCUT2D eigenvalue weighted by Gasteiger charge is -2.23. The highest BCUT2D eigenvalue weighted by Crippen LogP contribution is 2.34. The molecule has 2 atom stereocenters. The topological polar surface area (TPSA) is 70.8 Å². The van der Waals surface area contributed by atoms with E-state index in [4.69, 9.17) is 19.9 Å². The maximum absolute atomic E-state index is 12.3. The third-order valence-corrected chi connectivity index (χ3v) is 5.61. The third kappa shape index (κ3) is 2.97. The van der Waals surface area contributed by atoms with Crippen LogP contribution < -0.4 is 15.2 Å². The Balaban J connectivity index is 1.63. The van der Waals surface area contributed by atoms with Gasteiger partial charge >= 0.3 is 0 Å². The van der Waals surface area contributed by atoms with Crippen molar-refractivity contribution in [2.75, 3.05) is 25.8 Å². The summed E-state index contributed by atoms with van der Waals surface area (Å²) < 4.78 is 28.2. The van der Waals surface area contributed by atoms with Crippen molar-refractivity contribution in [3.63, 3.8) is 0 Å². The molecule has 1 fully saturated rings. The third-order valence-electron chi connectivity index (χ3n) is 3.71. The van der Waals surface area contributed by atoms with E-state index in [1.165, 1.54) is 0 Å². The van der Waals surface area contributed by atoms with E-state index in [1.54, 1.807) is 0 Å². The second kappa shape index (κ2) is 6.11. The number of hydrogen-bond acceptors (Lipinski definition) is 5. The van der Waals surface area contributed by atoms with Gasteiger partial charge in [0.05, 0.1) is 0 Å². The summed E-state index contributed by atoms with van der Waals surface area (Å²) in [5, 5.41) is 0.212. The normalized spacial score (nSPS) is 21.6. The van der Waals surface area contributed by atoms with Crippen molar-refractivity contribution < 1.29 is 18.4 Å². The van der Waals surface area contributed by atoms with Crippen LogP contribution >= 0.6 is 0 Å². The van der Waals surface area contributed by atoms with Gasteiger partial charge in [-0.1, -0.05) is 6.07 Å². The molecule has 1 aromatic rings. The average Bonchev–Trinajstić information content (AvgIpc) is 2.95. The van der Waals surface area contributed by atoms with E-state index >= 15 is 0 Å². The SMILES string of the molecule is NC(CS(=O)C1CCOCC1)c1ccc2c(c1)OCO2. The number of nitrogens with two attached hydrogens (primary N) is 1. The summed E-state index contributed by atoms with van der Waals surface area (Å²) in [5.41, 5.74) is 7.12. The molecule has 0 radical (unpaired) electrons. The molecule has 20 heavy (non-hydrogen) atoms. The second-order valence-corrected chi connectivity index (χ2v) is 6.84. The quantitative estimate of drug-likeness (QED) is 0.908. The van der Waals surface area contributed by atoms with Gasteiger partial charge in [-0.05, 0) is 30.5 Å². The summed E-state index contributed by atoms with van der Waals surface area (Å²) in [6, 6.07) is 5.41. The number of hydrogen-bond donors (Lipinski definition) is 1. The fourth-order valence-corrected chi connectivity index (χ4v) is 4.03. The van der Waals surface area contributed by atoms with Crippen LogP contribution in [0.3, 0.4) is 0 Å². The number of benzene rings is 1.